The van der Waals surface area contributed by atoms with Gasteiger partial charge < -0.3 is 4.74 Å². The van der Waals surface area contributed by atoms with Gasteiger partial charge in [-0.1, -0.05) is 6.07 Å². The summed E-state index contributed by atoms with van der Waals surface area (Å²) in [4.78, 5) is 16.8. The first-order valence-corrected chi connectivity index (χ1v) is 4.18. The number of ether oxygens (including phenoxy) is 1. The van der Waals surface area contributed by atoms with Gasteiger partial charge in [0.2, 0.25) is 0 Å². The average Bonchev–Trinajstić information content (AvgIpc) is 2.54. The molecule has 0 spiro atoms. The Morgan fingerprint density at radius 2 is 2.46 bits per heavy atom. The molecular weight excluding hydrogens is 168 g/mol. The molecule has 0 unspecified atom stereocenters. The summed E-state index contributed by atoms with van der Waals surface area (Å²) < 4.78 is 4.80. The largest absolute Gasteiger partial charge is 0.448 e. The molecule has 1 amide bonds. The van der Waals surface area contributed by atoms with Gasteiger partial charge in [-0.15, -0.1) is 0 Å². The van der Waals surface area contributed by atoms with Gasteiger partial charge in [0.25, 0.3) is 0 Å². The van der Waals surface area contributed by atoms with E-state index in [-0.39, 0.29) is 6.09 Å². The van der Waals surface area contributed by atoms with Crippen molar-refractivity contribution in [1.82, 2.24) is 9.88 Å². The number of hydrogen-bond acceptors (Lipinski definition) is 3. The standard InChI is InChI=1S/C9H10N2O2/c12-9-11(5-6-13-9)7-8-3-1-2-4-10-8/h1-4H,5-7H2. The van der Waals surface area contributed by atoms with Crippen LogP contribution >= 0.6 is 0 Å². The van der Waals surface area contributed by atoms with E-state index in [1.807, 2.05) is 18.2 Å². The van der Waals surface area contributed by atoms with Crippen molar-refractivity contribution in [3.63, 3.8) is 0 Å². The van der Waals surface area contributed by atoms with Crippen LogP contribution in [0.2, 0.25) is 0 Å². The molecule has 1 aromatic heterocycles. The number of hydrogen-bond donors (Lipinski definition) is 0. The van der Waals surface area contributed by atoms with Gasteiger partial charge in [0.15, 0.2) is 0 Å². The molecular formula is C9H10N2O2. The lowest BCUT2D eigenvalue weighted by Crippen LogP contribution is -2.23. The second-order valence-corrected chi connectivity index (χ2v) is 2.86. The van der Waals surface area contributed by atoms with E-state index in [2.05, 4.69) is 4.98 Å². The zero-order chi connectivity index (χ0) is 9.10. The monoisotopic (exact) mass is 178 g/mol. The van der Waals surface area contributed by atoms with Crippen molar-refractivity contribution in [1.29, 1.82) is 0 Å². The molecule has 1 aromatic rings. The molecule has 2 heterocycles. The number of pyridine rings is 1. The number of carbonyl (C=O) groups excluding carboxylic acids is 1. The molecule has 0 aromatic carbocycles. The Labute approximate surface area is 76.1 Å². The summed E-state index contributed by atoms with van der Waals surface area (Å²) in [5, 5.41) is 0. The summed E-state index contributed by atoms with van der Waals surface area (Å²) in [6, 6.07) is 5.65. The molecule has 1 aliphatic rings. The van der Waals surface area contributed by atoms with E-state index in [0.29, 0.717) is 19.7 Å². The minimum Gasteiger partial charge on any atom is -0.448 e. The summed E-state index contributed by atoms with van der Waals surface area (Å²) >= 11 is 0. The summed E-state index contributed by atoms with van der Waals surface area (Å²) in [6.45, 7) is 1.70. The first-order chi connectivity index (χ1) is 6.36. The van der Waals surface area contributed by atoms with E-state index < -0.39 is 0 Å². The molecule has 4 heteroatoms. The predicted molar refractivity (Wildman–Crippen MR) is 46.0 cm³/mol. The molecule has 68 valence electrons. The maximum Gasteiger partial charge on any atom is 0.410 e. The molecule has 0 atom stereocenters. The molecule has 1 saturated heterocycles. The highest BCUT2D eigenvalue weighted by atomic mass is 16.6. The third kappa shape index (κ3) is 1.77. The second-order valence-electron chi connectivity index (χ2n) is 2.86. The maximum atomic E-state index is 11.1. The highest BCUT2D eigenvalue weighted by Gasteiger charge is 2.21. The molecule has 0 aliphatic carbocycles. The van der Waals surface area contributed by atoms with Crippen molar-refractivity contribution in [2.45, 2.75) is 6.54 Å². The van der Waals surface area contributed by atoms with Crippen LogP contribution in [0.25, 0.3) is 0 Å². The van der Waals surface area contributed by atoms with Gasteiger partial charge in [-0.2, -0.15) is 0 Å². The third-order valence-corrected chi connectivity index (χ3v) is 1.92. The number of nitrogens with zero attached hydrogens (tertiary/aromatic N) is 2. The van der Waals surface area contributed by atoms with Crippen molar-refractivity contribution in [3.05, 3.63) is 30.1 Å². The lowest BCUT2D eigenvalue weighted by Gasteiger charge is -2.10. The van der Waals surface area contributed by atoms with Gasteiger partial charge in [-0.25, -0.2) is 4.79 Å². The normalized spacial score (nSPS) is 16.0. The Morgan fingerprint density at radius 3 is 3.08 bits per heavy atom. The minimum absolute atomic E-state index is 0.245. The molecule has 13 heavy (non-hydrogen) atoms. The number of aromatic nitrogens is 1. The van der Waals surface area contributed by atoms with Crippen molar-refractivity contribution in [3.8, 4) is 0 Å². The summed E-state index contributed by atoms with van der Waals surface area (Å²) in [7, 11) is 0. The van der Waals surface area contributed by atoms with Crippen LogP contribution in [0.15, 0.2) is 24.4 Å². The zero-order valence-corrected chi connectivity index (χ0v) is 7.14. The highest BCUT2D eigenvalue weighted by molar-refractivity contribution is 5.69. The van der Waals surface area contributed by atoms with Crippen molar-refractivity contribution < 1.29 is 9.53 Å². The van der Waals surface area contributed by atoms with E-state index in [9.17, 15) is 4.79 Å². The van der Waals surface area contributed by atoms with Crippen molar-refractivity contribution in [2.24, 2.45) is 0 Å². The smallest absolute Gasteiger partial charge is 0.410 e. The SMILES string of the molecule is O=C1OCCN1Cc1ccccn1. The van der Waals surface area contributed by atoms with Crippen LogP contribution in [0.3, 0.4) is 0 Å². The molecule has 0 N–H and O–H groups in total. The molecule has 2 rings (SSSR count). The lowest BCUT2D eigenvalue weighted by atomic mass is 10.3. The van der Waals surface area contributed by atoms with E-state index in [4.69, 9.17) is 4.74 Å². The number of amides is 1. The van der Waals surface area contributed by atoms with Gasteiger partial charge in [-0.3, -0.25) is 9.88 Å². The molecule has 0 radical (unpaired) electrons. The third-order valence-electron chi connectivity index (χ3n) is 1.92. The van der Waals surface area contributed by atoms with Crippen LogP contribution in [0.4, 0.5) is 4.79 Å². The summed E-state index contributed by atoms with van der Waals surface area (Å²) in [5.74, 6) is 0. The molecule has 0 bridgehead atoms. The van der Waals surface area contributed by atoms with Crippen molar-refractivity contribution in [2.75, 3.05) is 13.2 Å². The van der Waals surface area contributed by atoms with Gasteiger partial charge in [-0.05, 0) is 12.1 Å². The molecule has 4 nitrogen and oxygen atoms in total. The number of cyclic esters (lactones) is 1. The molecule has 1 fully saturated rings. The topological polar surface area (TPSA) is 42.4 Å². The van der Waals surface area contributed by atoms with Crippen LogP contribution in [0.1, 0.15) is 5.69 Å². The van der Waals surface area contributed by atoms with Crippen LogP contribution in [-0.4, -0.2) is 29.1 Å². The van der Waals surface area contributed by atoms with Gasteiger partial charge in [0.05, 0.1) is 18.8 Å². The van der Waals surface area contributed by atoms with Gasteiger partial charge >= 0.3 is 6.09 Å². The fourth-order valence-electron chi connectivity index (χ4n) is 1.26. The maximum absolute atomic E-state index is 11.1. The second kappa shape index (κ2) is 3.43. The van der Waals surface area contributed by atoms with Crippen molar-refractivity contribution >= 4 is 6.09 Å². The summed E-state index contributed by atoms with van der Waals surface area (Å²) in [6.07, 6.45) is 1.47. The average molecular weight is 178 g/mol. The Balaban J connectivity index is 2.02. The zero-order valence-electron chi connectivity index (χ0n) is 7.14. The lowest BCUT2D eigenvalue weighted by molar-refractivity contribution is 0.157. The fraction of sp³-hybridized carbons (Fsp3) is 0.333. The Hall–Kier alpha value is -1.58. The molecule has 1 aliphatic heterocycles. The van der Waals surface area contributed by atoms with Gasteiger partial charge in [0.1, 0.15) is 6.61 Å². The Kier molecular flexibility index (Phi) is 2.12. The number of rotatable bonds is 2. The number of carbonyl (C=O) groups is 1. The van der Waals surface area contributed by atoms with E-state index in [0.717, 1.165) is 5.69 Å². The van der Waals surface area contributed by atoms with E-state index in [1.165, 1.54) is 0 Å². The highest BCUT2D eigenvalue weighted by Crippen LogP contribution is 2.07. The Morgan fingerprint density at radius 1 is 1.54 bits per heavy atom. The van der Waals surface area contributed by atoms with Crippen LogP contribution in [-0.2, 0) is 11.3 Å². The van der Waals surface area contributed by atoms with Crippen LogP contribution in [0.5, 0.6) is 0 Å². The Bertz CT molecular complexity index is 300. The molecule has 0 saturated carbocycles. The first-order valence-electron chi connectivity index (χ1n) is 4.18. The predicted octanol–water partition coefficient (Wildman–Crippen LogP) is 1.03. The minimum atomic E-state index is -0.245. The van der Waals surface area contributed by atoms with E-state index >= 15 is 0 Å². The van der Waals surface area contributed by atoms with E-state index in [1.54, 1.807) is 11.1 Å². The summed E-state index contributed by atoms with van der Waals surface area (Å²) in [5.41, 5.74) is 0.890. The van der Waals surface area contributed by atoms with Gasteiger partial charge in [0, 0.05) is 6.20 Å². The fourth-order valence-corrected chi connectivity index (χ4v) is 1.26. The van der Waals surface area contributed by atoms with Crippen LogP contribution in [0, 0.1) is 0 Å². The quantitative estimate of drug-likeness (QED) is 0.679. The first kappa shape index (κ1) is 8.04. The van der Waals surface area contributed by atoms with Crippen LogP contribution < -0.4 is 0 Å².